The third kappa shape index (κ3) is 4.99. The molecule has 2 N–H and O–H groups in total. The molecule has 6 aromatic rings. The van der Waals surface area contributed by atoms with Crippen molar-refractivity contribution in [3.05, 3.63) is 131 Å². The van der Waals surface area contributed by atoms with Crippen LogP contribution in [-0.4, -0.2) is 21.6 Å². The van der Waals surface area contributed by atoms with Gasteiger partial charge < -0.3 is 14.0 Å². The molecule has 7 rings (SSSR count). The molecule has 0 radical (unpaired) electrons. The van der Waals surface area contributed by atoms with E-state index < -0.39 is 7.82 Å². The van der Waals surface area contributed by atoms with Crippen LogP contribution >= 0.6 is 7.82 Å². The van der Waals surface area contributed by atoms with Crippen molar-refractivity contribution in [1.29, 1.82) is 0 Å². The van der Waals surface area contributed by atoms with Crippen LogP contribution in [0.25, 0.3) is 32.9 Å². The highest BCUT2D eigenvalue weighted by Crippen LogP contribution is 2.51. The average Bonchev–Trinajstić information content (AvgIpc) is 3.47. The number of phosphoric ester groups is 1. The van der Waals surface area contributed by atoms with E-state index in [1.165, 1.54) is 0 Å². The van der Waals surface area contributed by atoms with Crippen molar-refractivity contribution >= 4 is 29.5 Å². The molecule has 5 aromatic carbocycles. The number of benzene rings is 5. The van der Waals surface area contributed by atoms with Gasteiger partial charge in [0.05, 0.1) is 16.6 Å². The summed E-state index contributed by atoms with van der Waals surface area (Å²) in [7, 11) is -5.01. The average molecular weight is 576 g/mol. The van der Waals surface area contributed by atoms with E-state index in [9.17, 15) is 14.4 Å². The van der Waals surface area contributed by atoms with Crippen LogP contribution < -0.4 is 14.0 Å². The Labute approximate surface area is 242 Å². The SMILES string of the molecule is O=P(O)(O)Oc1c(Cc2ccccc2)c(-c2cccc3ccccc23)nc2cc3c(c(Cc4ccccc4)c12)OCO3. The number of phosphoric acid groups is 1. The predicted molar refractivity (Wildman–Crippen MR) is 162 cm³/mol. The van der Waals surface area contributed by atoms with Gasteiger partial charge in [-0.05, 0) is 21.9 Å². The van der Waals surface area contributed by atoms with Gasteiger partial charge in [0.1, 0.15) is 5.75 Å². The first-order valence-corrected chi connectivity index (χ1v) is 15.1. The predicted octanol–water partition coefficient (Wildman–Crippen LogP) is 7.44. The van der Waals surface area contributed by atoms with E-state index in [1.807, 2.05) is 103 Å². The second-order valence-corrected chi connectivity index (χ2v) is 11.3. The summed E-state index contributed by atoms with van der Waals surface area (Å²) in [5, 5.41) is 2.48. The summed E-state index contributed by atoms with van der Waals surface area (Å²) in [4.78, 5) is 25.7. The van der Waals surface area contributed by atoms with Crippen molar-refractivity contribution in [2.24, 2.45) is 0 Å². The Morgan fingerprint density at radius 1 is 0.762 bits per heavy atom. The third-order valence-corrected chi connectivity index (χ3v) is 7.88. The molecular formula is C34H26NO6P. The number of hydrogen-bond donors (Lipinski definition) is 2. The minimum atomic E-state index is -5.01. The maximum atomic E-state index is 12.6. The summed E-state index contributed by atoms with van der Waals surface area (Å²) in [5.41, 5.74) is 5.11. The smallest absolute Gasteiger partial charge is 0.453 e. The molecule has 0 unspecified atom stereocenters. The molecule has 1 aromatic heterocycles. The standard InChI is InChI=1S/C34H26NO6P/c36-42(37,38)41-34-28(19-23-12-5-2-6-13-23)32(26-17-9-15-24-14-7-8-16-25(24)26)35-29-20-30-33(40-21-39-30)27(31(29)34)18-22-10-3-1-4-11-22/h1-17,20H,18-19,21H2,(H2,36,37,38). The van der Waals surface area contributed by atoms with Gasteiger partial charge in [0.15, 0.2) is 11.5 Å². The summed E-state index contributed by atoms with van der Waals surface area (Å²) in [5.74, 6) is 1.14. The van der Waals surface area contributed by atoms with Gasteiger partial charge in [-0.1, -0.05) is 103 Å². The molecule has 0 aliphatic carbocycles. The minimum Gasteiger partial charge on any atom is -0.453 e. The summed E-state index contributed by atoms with van der Waals surface area (Å²) >= 11 is 0. The maximum Gasteiger partial charge on any atom is 0.524 e. The zero-order valence-electron chi connectivity index (χ0n) is 22.4. The number of rotatable bonds is 7. The zero-order chi connectivity index (χ0) is 28.7. The molecule has 0 amide bonds. The number of fused-ring (bicyclic) bond motifs is 3. The van der Waals surface area contributed by atoms with Crippen LogP contribution in [-0.2, 0) is 17.4 Å². The minimum absolute atomic E-state index is 0.0369. The summed E-state index contributed by atoms with van der Waals surface area (Å²) < 4.78 is 30.0. The van der Waals surface area contributed by atoms with E-state index >= 15 is 0 Å². The van der Waals surface area contributed by atoms with Crippen LogP contribution in [0, 0.1) is 0 Å². The molecule has 7 nitrogen and oxygen atoms in total. The molecule has 0 atom stereocenters. The van der Waals surface area contributed by atoms with E-state index in [1.54, 1.807) is 6.07 Å². The Kier molecular flexibility index (Phi) is 6.63. The van der Waals surface area contributed by atoms with Crippen molar-refractivity contribution in [2.75, 3.05) is 6.79 Å². The van der Waals surface area contributed by atoms with E-state index in [2.05, 4.69) is 0 Å². The maximum absolute atomic E-state index is 12.6. The fourth-order valence-corrected chi connectivity index (χ4v) is 6.13. The van der Waals surface area contributed by atoms with Crippen LogP contribution in [0.15, 0.2) is 109 Å². The van der Waals surface area contributed by atoms with Crippen LogP contribution in [0.1, 0.15) is 22.3 Å². The second-order valence-electron chi connectivity index (χ2n) is 10.2. The summed E-state index contributed by atoms with van der Waals surface area (Å²) in [6, 6.07) is 35.3. The van der Waals surface area contributed by atoms with Crippen molar-refractivity contribution in [1.82, 2.24) is 4.98 Å². The molecule has 1 aliphatic rings. The first kappa shape index (κ1) is 26.2. The summed E-state index contributed by atoms with van der Waals surface area (Å²) in [6.07, 6.45) is 0.748. The molecule has 0 saturated heterocycles. The van der Waals surface area contributed by atoms with Crippen LogP contribution in [0.3, 0.4) is 0 Å². The molecule has 0 spiro atoms. The van der Waals surface area contributed by atoms with Gasteiger partial charge in [0.25, 0.3) is 0 Å². The fraction of sp³-hybridized carbons (Fsp3) is 0.0882. The van der Waals surface area contributed by atoms with Gasteiger partial charge in [-0.2, -0.15) is 0 Å². The second kappa shape index (κ2) is 10.6. The third-order valence-electron chi connectivity index (χ3n) is 7.46. The lowest BCUT2D eigenvalue weighted by atomic mass is 9.91. The highest BCUT2D eigenvalue weighted by Gasteiger charge is 2.31. The molecule has 8 heteroatoms. The molecule has 208 valence electrons. The lowest BCUT2D eigenvalue weighted by Gasteiger charge is -2.21. The highest BCUT2D eigenvalue weighted by atomic mass is 31.2. The number of hydrogen-bond acceptors (Lipinski definition) is 5. The Hall–Kier alpha value is -4.68. The Bertz CT molecular complexity index is 1980. The molecule has 0 saturated carbocycles. The highest BCUT2D eigenvalue weighted by molar-refractivity contribution is 7.46. The Morgan fingerprint density at radius 2 is 1.40 bits per heavy atom. The first-order valence-electron chi connectivity index (χ1n) is 13.5. The van der Waals surface area contributed by atoms with Gasteiger partial charge in [-0.3, -0.25) is 9.79 Å². The quantitative estimate of drug-likeness (QED) is 0.191. The van der Waals surface area contributed by atoms with E-state index in [0.717, 1.165) is 27.5 Å². The molecular weight excluding hydrogens is 549 g/mol. The van der Waals surface area contributed by atoms with Gasteiger partial charge in [0, 0.05) is 35.6 Å². The molecule has 0 fully saturated rings. The van der Waals surface area contributed by atoms with Crippen LogP contribution in [0.2, 0.25) is 0 Å². The normalized spacial score (nSPS) is 12.6. The van der Waals surface area contributed by atoms with Crippen molar-refractivity contribution in [3.8, 4) is 28.5 Å². The van der Waals surface area contributed by atoms with Crippen molar-refractivity contribution in [3.63, 3.8) is 0 Å². The number of pyridine rings is 1. The van der Waals surface area contributed by atoms with E-state index in [-0.39, 0.29) is 12.5 Å². The molecule has 42 heavy (non-hydrogen) atoms. The number of nitrogens with zero attached hydrogens (tertiary/aromatic N) is 1. The van der Waals surface area contributed by atoms with E-state index in [4.69, 9.17) is 19.0 Å². The lowest BCUT2D eigenvalue weighted by molar-refractivity contribution is 0.173. The van der Waals surface area contributed by atoms with Crippen LogP contribution in [0.5, 0.6) is 17.2 Å². The molecule has 0 bridgehead atoms. The summed E-state index contributed by atoms with van der Waals surface area (Å²) in [6.45, 7) is 0.0369. The van der Waals surface area contributed by atoms with Crippen molar-refractivity contribution in [2.45, 2.75) is 12.8 Å². The van der Waals surface area contributed by atoms with Gasteiger partial charge in [-0.15, -0.1) is 0 Å². The number of ether oxygens (including phenoxy) is 2. The zero-order valence-corrected chi connectivity index (χ0v) is 23.3. The first-order chi connectivity index (χ1) is 20.4. The van der Waals surface area contributed by atoms with Gasteiger partial charge >= 0.3 is 7.82 Å². The topological polar surface area (TPSA) is 98.1 Å². The lowest BCUT2D eigenvalue weighted by Crippen LogP contribution is -2.05. The largest absolute Gasteiger partial charge is 0.524 e. The van der Waals surface area contributed by atoms with Gasteiger partial charge in [-0.25, -0.2) is 9.55 Å². The Morgan fingerprint density at radius 3 is 2.12 bits per heavy atom. The van der Waals surface area contributed by atoms with Crippen molar-refractivity contribution < 1.29 is 28.3 Å². The molecule has 2 heterocycles. The van der Waals surface area contributed by atoms with Crippen LogP contribution in [0.4, 0.5) is 0 Å². The number of aromatic nitrogens is 1. The molecule has 1 aliphatic heterocycles. The van der Waals surface area contributed by atoms with Gasteiger partial charge in [0.2, 0.25) is 6.79 Å². The Balaban J connectivity index is 1.60. The van der Waals surface area contributed by atoms with E-state index in [0.29, 0.717) is 52.1 Å². The monoisotopic (exact) mass is 575 g/mol. The fourth-order valence-electron chi connectivity index (χ4n) is 5.69.